The van der Waals surface area contributed by atoms with Crippen LogP contribution < -0.4 is 5.32 Å². The van der Waals surface area contributed by atoms with Gasteiger partial charge in [0.1, 0.15) is 5.76 Å². The zero-order valence-corrected chi connectivity index (χ0v) is 12.1. The van der Waals surface area contributed by atoms with Gasteiger partial charge in [0.15, 0.2) is 0 Å². The molecule has 21 heavy (non-hydrogen) atoms. The smallest absolute Gasteiger partial charge is 0.105 e. The van der Waals surface area contributed by atoms with Crippen molar-refractivity contribution < 1.29 is 4.42 Å². The molecule has 3 aromatic rings. The third kappa shape index (κ3) is 3.28. The maximum atomic E-state index is 5.46. The molecule has 0 fully saturated rings. The minimum Gasteiger partial charge on any atom is -0.469 e. The molecule has 0 saturated carbocycles. The maximum absolute atomic E-state index is 5.46. The number of hydrogen-bond acceptors (Lipinski definition) is 4. The number of rotatable bonds is 6. The Morgan fingerprint density at radius 1 is 1.14 bits per heavy atom. The summed E-state index contributed by atoms with van der Waals surface area (Å²) in [4.78, 5) is 9.25. The van der Waals surface area contributed by atoms with E-state index in [1.54, 1.807) is 6.26 Å². The fraction of sp³-hybridized carbons (Fsp3) is 0.294. The lowest BCUT2D eigenvalue weighted by atomic mass is 10.1. The van der Waals surface area contributed by atoms with Crippen molar-refractivity contribution >= 4 is 11.0 Å². The summed E-state index contributed by atoms with van der Waals surface area (Å²) in [6, 6.07) is 12.0. The Hall–Kier alpha value is -2.20. The largest absolute Gasteiger partial charge is 0.469 e. The first-order valence-electron chi connectivity index (χ1n) is 7.34. The summed E-state index contributed by atoms with van der Waals surface area (Å²) >= 11 is 0. The molecule has 0 radical (unpaired) electrons. The van der Waals surface area contributed by atoms with Crippen LogP contribution in [0.4, 0.5) is 0 Å². The van der Waals surface area contributed by atoms with E-state index in [0.29, 0.717) is 0 Å². The summed E-state index contributed by atoms with van der Waals surface area (Å²) < 4.78 is 5.46. The molecule has 2 heterocycles. The van der Waals surface area contributed by atoms with E-state index in [-0.39, 0.29) is 6.04 Å². The minimum absolute atomic E-state index is 0.119. The second-order valence-corrected chi connectivity index (χ2v) is 5.07. The van der Waals surface area contributed by atoms with E-state index in [9.17, 15) is 0 Å². The van der Waals surface area contributed by atoms with Gasteiger partial charge in [-0.05, 0) is 37.2 Å². The van der Waals surface area contributed by atoms with Crippen LogP contribution in [0.1, 0.15) is 30.8 Å². The van der Waals surface area contributed by atoms with Crippen molar-refractivity contribution in [2.75, 3.05) is 6.54 Å². The first-order chi connectivity index (χ1) is 10.4. The molecular weight excluding hydrogens is 262 g/mol. The number of nitrogens with zero attached hydrogens (tertiary/aromatic N) is 2. The molecule has 4 nitrogen and oxygen atoms in total. The number of furan rings is 1. The predicted molar refractivity (Wildman–Crippen MR) is 83.0 cm³/mol. The fourth-order valence-corrected chi connectivity index (χ4v) is 2.37. The summed E-state index contributed by atoms with van der Waals surface area (Å²) in [5.74, 6) is 0.957. The second-order valence-electron chi connectivity index (χ2n) is 5.07. The van der Waals surface area contributed by atoms with Gasteiger partial charge in [-0.1, -0.05) is 19.1 Å². The van der Waals surface area contributed by atoms with Crippen molar-refractivity contribution in [3.63, 3.8) is 0 Å². The van der Waals surface area contributed by atoms with E-state index in [0.717, 1.165) is 41.9 Å². The van der Waals surface area contributed by atoms with Gasteiger partial charge in [0, 0.05) is 6.42 Å². The Morgan fingerprint density at radius 2 is 2.00 bits per heavy atom. The average molecular weight is 281 g/mol. The first kappa shape index (κ1) is 13.8. The number of benzene rings is 1. The number of nitrogens with one attached hydrogen (secondary N) is 1. The van der Waals surface area contributed by atoms with Gasteiger partial charge in [0.25, 0.3) is 0 Å². The van der Waals surface area contributed by atoms with Gasteiger partial charge in [-0.25, -0.2) is 4.98 Å². The molecule has 0 aliphatic rings. The van der Waals surface area contributed by atoms with Crippen LogP contribution in [0.25, 0.3) is 11.0 Å². The minimum atomic E-state index is 0.119. The number of fused-ring (bicyclic) bond motifs is 1. The Morgan fingerprint density at radius 3 is 2.76 bits per heavy atom. The monoisotopic (exact) mass is 281 g/mol. The molecule has 2 aromatic heterocycles. The van der Waals surface area contributed by atoms with Crippen LogP contribution in [0.2, 0.25) is 0 Å². The highest BCUT2D eigenvalue weighted by Gasteiger charge is 2.15. The van der Waals surface area contributed by atoms with Gasteiger partial charge in [0.2, 0.25) is 0 Å². The lowest BCUT2D eigenvalue weighted by Gasteiger charge is -2.17. The van der Waals surface area contributed by atoms with Crippen molar-refractivity contribution in [3.8, 4) is 0 Å². The molecule has 0 spiro atoms. The summed E-state index contributed by atoms with van der Waals surface area (Å²) in [7, 11) is 0. The normalized spacial score (nSPS) is 12.6. The molecule has 3 rings (SSSR count). The highest BCUT2D eigenvalue weighted by molar-refractivity contribution is 5.73. The highest BCUT2D eigenvalue weighted by atomic mass is 16.3. The molecule has 108 valence electrons. The fourth-order valence-electron chi connectivity index (χ4n) is 2.37. The van der Waals surface area contributed by atoms with E-state index in [4.69, 9.17) is 9.40 Å². The lowest BCUT2D eigenvalue weighted by Crippen LogP contribution is -2.25. The summed E-state index contributed by atoms with van der Waals surface area (Å²) in [6.45, 7) is 3.10. The molecule has 0 bridgehead atoms. The molecule has 1 aromatic carbocycles. The van der Waals surface area contributed by atoms with Crippen LogP contribution in [0, 0.1) is 0 Å². The molecule has 4 heteroatoms. The Bertz CT molecular complexity index is 694. The van der Waals surface area contributed by atoms with E-state index >= 15 is 0 Å². The zero-order chi connectivity index (χ0) is 14.5. The zero-order valence-electron chi connectivity index (χ0n) is 12.1. The number of aromatic nitrogens is 2. The van der Waals surface area contributed by atoms with Crippen LogP contribution in [0.15, 0.2) is 53.3 Å². The van der Waals surface area contributed by atoms with Gasteiger partial charge in [-0.15, -0.1) is 0 Å². The van der Waals surface area contributed by atoms with Crippen molar-refractivity contribution in [2.24, 2.45) is 0 Å². The second kappa shape index (κ2) is 6.50. The average Bonchev–Trinajstić information content (AvgIpc) is 3.04. The van der Waals surface area contributed by atoms with Crippen LogP contribution in [0.3, 0.4) is 0 Å². The highest BCUT2D eigenvalue weighted by Crippen LogP contribution is 2.19. The third-order valence-electron chi connectivity index (χ3n) is 3.45. The standard InChI is InChI=1S/C17H19N3O/c1-2-9-18-16(11-13-6-5-10-21-13)17-12-19-14-7-3-4-8-15(14)20-17/h3-8,10,12,16,18H,2,9,11H2,1H3. The SMILES string of the molecule is CCCNC(Cc1ccco1)c1cnc2ccccc2n1. The van der Waals surface area contributed by atoms with E-state index in [1.807, 2.05) is 42.6 Å². The van der Waals surface area contributed by atoms with Crippen molar-refractivity contribution in [3.05, 3.63) is 60.3 Å². The van der Waals surface area contributed by atoms with Gasteiger partial charge in [0.05, 0.1) is 35.2 Å². The topological polar surface area (TPSA) is 51.0 Å². The van der Waals surface area contributed by atoms with Gasteiger partial charge < -0.3 is 9.73 Å². The molecular formula is C17H19N3O. The van der Waals surface area contributed by atoms with Crippen LogP contribution in [-0.2, 0) is 6.42 Å². The van der Waals surface area contributed by atoms with E-state index in [1.165, 1.54) is 0 Å². The molecule has 0 saturated heterocycles. The van der Waals surface area contributed by atoms with Crippen molar-refractivity contribution in [2.45, 2.75) is 25.8 Å². The third-order valence-corrected chi connectivity index (χ3v) is 3.45. The molecule has 0 amide bonds. The van der Waals surface area contributed by atoms with Crippen LogP contribution in [-0.4, -0.2) is 16.5 Å². The van der Waals surface area contributed by atoms with Gasteiger partial charge in [-0.3, -0.25) is 4.98 Å². The first-order valence-corrected chi connectivity index (χ1v) is 7.34. The molecule has 0 aliphatic heterocycles. The van der Waals surface area contributed by atoms with Crippen molar-refractivity contribution in [1.29, 1.82) is 0 Å². The van der Waals surface area contributed by atoms with Gasteiger partial charge >= 0.3 is 0 Å². The number of hydrogen-bond donors (Lipinski definition) is 1. The molecule has 1 unspecified atom stereocenters. The Balaban J connectivity index is 1.89. The van der Waals surface area contributed by atoms with Gasteiger partial charge in [-0.2, -0.15) is 0 Å². The molecule has 1 N–H and O–H groups in total. The van der Waals surface area contributed by atoms with E-state index < -0.39 is 0 Å². The van der Waals surface area contributed by atoms with Crippen LogP contribution in [0.5, 0.6) is 0 Å². The quantitative estimate of drug-likeness (QED) is 0.751. The summed E-state index contributed by atoms with van der Waals surface area (Å²) in [6.07, 6.45) is 5.42. The van der Waals surface area contributed by atoms with Crippen LogP contribution >= 0.6 is 0 Å². The molecule has 1 atom stereocenters. The lowest BCUT2D eigenvalue weighted by molar-refractivity contribution is 0.444. The van der Waals surface area contributed by atoms with E-state index in [2.05, 4.69) is 17.2 Å². The molecule has 0 aliphatic carbocycles. The predicted octanol–water partition coefficient (Wildman–Crippen LogP) is 3.51. The summed E-state index contributed by atoms with van der Waals surface area (Å²) in [5.41, 5.74) is 2.81. The Labute approximate surface area is 124 Å². The maximum Gasteiger partial charge on any atom is 0.105 e. The Kier molecular flexibility index (Phi) is 4.26. The van der Waals surface area contributed by atoms with Crippen molar-refractivity contribution in [1.82, 2.24) is 15.3 Å². The summed E-state index contributed by atoms with van der Waals surface area (Å²) in [5, 5.41) is 3.53. The number of para-hydroxylation sites is 2.